The lowest BCUT2D eigenvalue weighted by Gasteiger charge is -2.60. The Bertz CT molecular complexity index is 2160. The highest BCUT2D eigenvalue weighted by Gasteiger charge is 2.62. The molecule has 0 amide bonds. The van der Waals surface area contributed by atoms with Crippen LogP contribution in [0, 0.1) is 10.8 Å². The molecule has 0 aliphatic carbocycles. The highest BCUT2D eigenvalue weighted by molar-refractivity contribution is 7.11. The van der Waals surface area contributed by atoms with Gasteiger partial charge < -0.3 is 62.6 Å². The lowest BCUT2D eigenvalue weighted by atomic mass is 9.56. The number of para-hydroxylation sites is 2. The van der Waals surface area contributed by atoms with Crippen LogP contribution in [0.25, 0.3) is 0 Å². The maximum atomic E-state index is 12.5. The third kappa shape index (κ3) is 9.59. The summed E-state index contributed by atoms with van der Waals surface area (Å²) in [4.78, 5) is 2.23. The summed E-state index contributed by atoms with van der Waals surface area (Å²) in [7, 11) is 0. The first-order valence-corrected chi connectivity index (χ1v) is 24.8. The summed E-state index contributed by atoms with van der Waals surface area (Å²) in [5, 5.41) is 28.9. The summed E-state index contributed by atoms with van der Waals surface area (Å²) in [5.41, 5.74) is 0.137. The van der Waals surface area contributed by atoms with Gasteiger partial charge in [-0.25, -0.2) is 0 Å². The molecule has 0 unspecified atom stereocenters. The van der Waals surface area contributed by atoms with E-state index in [1.165, 1.54) is 35.1 Å². The number of aliphatic hydroxyl groups is 2. The van der Waals surface area contributed by atoms with Crippen LogP contribution in [0.2, 0.25) is 0 Å². The van der Waals surface area contributed by atoms with Gasteiger partial charge in [0.25, 0.3) is 0 Å². The highest BCUT2D eigenvalue weighted by atomic mass is 79.9. The zero-order valence-electron chi connectivity index (χ0n) is 36.9. The minimum absolute atomic E-state index is 0. The molecule has 0 radical (unpaired) electrons. The van der Waals surface area contributed by atoms with Crippen molar-refractivity contribution in [2.45, 2.75) is 62.6 Å². The van der Waals surface area contributed by atoms with Gasteiger partial charge in [0, 0.05) is 72.0 Å². The fraction of sp³-hybridized carbons (Fsp3) is 0.407. The van der Waals surface area contributed by atoms with E-state index in [9.17, 15) is 10.2 Å². The van der Waals surface area contributed by atoms with Gasteiger partial charge in [-0.3, -0.25) is 0 Å². The molecule has 6 aliphatic rings. The predicted molar refractivity (Wildman–Crippen MR) is 253 cm³/mol. The van der Waals surface area contributed by atoms with E-state index in [1.54, 1.807) is 22.7 Å². The fourth-order valence-corrected chi connectivity index (χ4v) is 13.8. The molecule has 10 heteroatoms. The molecule has 6 aliphatic heterocycles. The summed E-state index contributed by atoms with van der Waals surface area (Å²) >= 11 is 3.40. The van der Waals surface area contributed by atoms with Crippen molar-refractivity contribution in [1.29, 1.82) is 0 Å². The Morgan fingerprint density at radius 1 is 0.438 bits per heavy atom. The molecule has 0 spiro atoms. The third-order valence-electron chi connectivity index (χ3n) is 15.6. The van der Waals surface area contributed by atoms with Gasteiger partial charge in [-0.1, -0.05) is 109 Å². The molecule has 2 N–H and O–H groups in total. The van der Waals surface area contributed by atoms with Crippen LogP contribution >= 0.6 is 22.7 Å². The highest BCUT2D eigenvalue weighted by Crippen LogP contribution is 2.60. The predicted octanol–water partition coefficient (Wildman–Crippen LogP) is 4.92. The van der Waals surface area contributed by atoms with E-state index in [2.05, 4.69) is 83.6 Å². The number of nitrogens with zero attached hydrogens (tertiary/aromatic N) is 2. The van der Waals surface area contributed by atoms with E-state index in [0.29, 0.717) is 0 Å². The lowest BCUT2D eigenvalue weighted by Crippen LogP contribution is -3.00. The molecule has 6 nitrogen and oxygen atoms in total. The van der Waals surface area contributed by atoms with E-state index in [0.717, 1.165) is 123 Å². The molecule has 6 saturated heterocycles. The van der Waals surface area contributed by atoms with Gasteiger partial charge in [-0.15, -0.1) is 22.7 Å². The van der Waals surface area contributed by atoms with Crippen LogP contribution in [-0.4, -0.2) is 84.8 Å². The third-order valence-corrected chi connectivity index (χ3v) is 17.6. The second-order valence-corrected chi connectivity index (χ2v) is 20.6. The van der Waals surface area contributed by atoms with E-state index in [-0.39, 0.29) is 44.8 Å². The Balaban J connectivity index is 0.000000186. The van der Waals surface area contributed by atoms with Gasteiger partial charge in [-0.05, 0) is 58.3 Å². The largest absolute Gasteiger partial charge is 1.00 e. The summed E-state index contributed by atoms with van der Waals surface area (Å²) in [6.45, 7) is 10.8. The number of hydrogen-bond donors (Lipinski definition) is 2. The fourth-order valence-electron chi connectivity index (χ4n) is 11.8. The molecule has 8 heterocycles. The van der Waals surface area contributed by atoms with Crippen molar-refractivity contribution in [2.24, 2.45) is 10.8 Å². The minimum Gasteiger partial charge on any atom is -1.00 e. The van der Waals surface area contributed by atoms with Crippen LogP contribution in [-0.2, 0) is 11.2 Å². The van der Waals surface area contributed by atoms with Crippen LogP contribution in [0.15, 0.2) is 156 Å². The van der Waals surface area contributed by atoms with Crippen molar-refractivity contribution in [1.82, 2.24) is 0 Å². The van der Waals surface area contributed by atoms with Gasteiger partial charge in [0.15, 0.2) is 0 Å². The number of rotatable bonds is 16. The molecular formula is C54H64Br2N2O4S2. The minimum atomic E-state index is -0.942. The molecule has 0 atom stereocenters. The standard InChI is InChI=1S/C29H34NO2.C25H30NO2S2.2BrH/c31-29(25-11-4-1-5-12-25,26-13-6-2-7-14-26)28-17-21-30(22-18-28,23-19-28)20-10-24-32-27-15-8-3-9-16-27;27-25(22-9-4-19-29-22,23-10-5-20-30-23)24-11-15-26(16-12-24,17-13-24)14-6-18-28-21-7-2-1-3-8-21;;/h1-9,11-16,31H,10,17-24H2;1-5,7-10,19-20,27H,6,11-18H2;2*1H/q2*+1;;/p-2. The first kappa shape index (κ1) is 48.6. The van der Waals surface area contributed by atoms with Crippen molar-refractivity contribution in [3.05, 3.63) is 177 Å². The topological polar surface area (TPSA) is 58.9 Å². The van der Waals surface area contributed by atoms with Crippen molar-refractivity contribution >= 4 is 22.7 Å². The summed E-state index contributed by atoms with van der Waals surface area (Å²) in [6, 6.07) is 49.4. The molecular weight excluding hydrogens is 965 g/mol. The molecule has 4 bridgehead atoms. The molecule has 340 valence electrons. The first-order valence-electron chi connectivity index (χ1n) is 23.0. The first-order chi connectivity index (χ1) is 30.3. The van der Waals surface area contributed by atoms with Gasteiger partial charge >= 0.3 is 0 Å². The Kier molecular flexibility index (Phi) is 16.0. The summed E-state index contributed by atoms with van der Waals surface area (Å²) < 4.78 is 14.2. The smallest absolute Gasteiger partial charge is 0.139 e. The van der Waals surface area contributed by atoms with Crippen molar-refractivity contribution in [2.75, 3.05) is 65.6 Å². The number of hydrogen-bond acceptors (Lipinski definition) is 6. The van der Waals surface area contributed by atoms with E-state index >= 15 is 0 Å². The number of benzene rings is 4. The van der Waals surface area contributed by atoms with Gasteiger partial charge in [0.2, 0.25) is 0 Å². The normalized spacial score (nSPS) is 24.7. The zero-order valence-corrected chi connectivity index (χ0v) is 41.7. The Morgan fingerprint density at radius 3 is 1.09 bits per heavy atom. The maximum absolute atomic E-state index is 12.5. The van der Waals surface area contributed by atoms with Crippen LogP contribution < -0.4 is 43.4 Å². The number of ether oxygens (including phenoxy) is 2. The number of quaternary nitrogens is 2. The van der Waals surface area contributed by atoms with Gasteiger partial charge in [-0.2, -0.15) is 0 Å². The van der Waals surface area contributed by atoms with Crippen molar-refractivity contribution in [3.8, 4) is 11.5 Å². The lowest BCUT2D eigenvalue weighted by molar-refractivity contribution is -0.946. The zero-order chi connectivity index (χ0) is 42.4. The van der Waals surface area contributed by atoms with Crippen molar-refractivity contribution < 1.29 is 62.6 Å². The van der Waals surface area contributed by atoms with E-state index in [1.807, 2.05) is 72.8 Å². The average molecular weight is 1030 g/mol. The maximum Gasteiger partial charge on any atom is 0.139 e. The van der Waals surface area contributed by atoms with Gasteiger partial charge in [0.05, 0.1) is 65.6 Å². The molecule has 2 aromatic heterocycles. The molecule has 6 fully saturated rings. The molecule has 4 aromatic carbocycles. The monoisotopic (exact) mass is 1030 g/mol. The second kappa shape index (κ2) is 21.1. The molecule has 6 aromatic rings. The molecule has 12 rings (SSSR count). The molecule has 0 saturated carbocycles. The Labute approximate surface area is 410 Å². The van der Waals surface area contributed by atoms with Crippen LogP contribution in [0.1, 0.15) is 72.2 Å². The summed E-state index contributed by atoms with van der Waals surface area (Å²) in [6.07, 6.45) is 8.63. The number of halogens is 2. The average Bonchev–Trinajstić information content (AvgIpc) is 4.11. The molecule has 64 heavy (non-hydrogen) atoms. The van der Waals surface area contributed by atoms with Crippen molar-refractivity contribution in [3.63, 3.8) is 0 Å². The van der Waals surface area contributed by atoms with E-state index in [4.69, 9.17) is 9.47 Å². The quantitative estimate of drug-likeness (QED) is 0.107. The van der Waals surface area contributed by atoms with Crippen LogP contribution in [0.5, 0.6) is 11.5 Å². The van der Waals surface area contributed by atoms with Crippen LogP contribution in [0.4, 0.5) is 0 Å². The SMILES string of the molecule is OC(c1ccccc1)(c1ccccc1)C12CC[N+](CCCOc3ccccc3)(CC1)CC2.OC(c1cccs1)(c1cccs1)C12CC[N+](CCCOc3ccccc3)(CC1)CC2.[Br-].[Br-]. The Hall–Kier alpha value is -3.32. The van der Waals surface area contributed by atoms with Gasteiger partial charge in [0.1, 0.15) is 22.7 Å². The van der Waals surface area contributed by atoms with E-state index < -0.39 is 11.2 Å². The van der Waals surface area contributed by atoms with Crippen LogP contribution in [0.3, 0.4) is 0 Å². The second-order valence-electron chi connectivity index (χ2n) is 18.7. The number of piperidine rings is 6. The summed E-state index contributed by atoms with van der Waals surface area (Å²) in [5.74, 6) is 1.92. The Morgan fingerprint density at radius 2 is 0.766 bits per heavy atom. The number of fused-ring (bicyclic) bond motifs is 6. The number of thiophene rings is 2.